The van der Waals surface area contributed by atoms with Crippen LogP contribution < -0.4 is 5.32 Å². The minimum atomic E-state index is -0.398. The molecule has 0 amide bonds. The fourth-order valence-corrected chi connectivity index (χ4v) is 3.52. The number of Topliss-reactive ketones (excluding diaryl/α,β-unsaturated/α-hetero) is 1. The van der Waals surface area contributed by atoms with Gasteiger partial charge < -0.3 is 10.3 Å². The van der Waals surface area contributed by atoms with E-state index in [4.69, 9.17) is 0 Å². The van der Waals surface area contributed by atoms with Crippen LogP contribution in [0.15, 0.2) is 67.1 Å². The zero-order valence-corrected chi connectivity index (χ0v) is 17.2. The molecule has 0 spiro atoms. The number of fused-ring (bicyclic) bond motifs is 1. The van der Waals surface area contributed by atoms with Crippen molar-refractivity contribution >= 4 is 28.2 Å². The number of H-pyrrole nitrogens is 2. The van der Waals surface area contributed by atoms with Crippen molar-refractivity contribution in [1.82, 2.24) is 25.1 Å². The summed E-state index contributed by atoms with van der Waals surface area (Å²) in [7, 11) is 0. The van der Waals surface area contributed by atoms with Gasteiger partial charge in [-0.1, -0.05) is 25.1 Å². The number of nitrogens with one attached hydrogen (secondary N) is 3. The highest BCUT2D eigenvalue weighted by Crippen LogP contribution is 2.27. The number of aromatic nitrogens is 5. The van der Waals surface area contributed by atoms with Crippen LogP contribution in [-0.2, 0) is 0 Å². The molecule has 3 heterocycles. The van der Waals surface area contributed by atoms with E-state index in [0.717, 1.165) is 27.6 Å². The van der Waals surface area contributed by atoms with Crippen LogP contribution in [0.25, 0.3) is 33.4 Å². The summed E-state index contributed by atoms with van der Waals surface area (Å²) in [6, 6.07) is 14.2. The van der Waals surface area contributed by atoms with Crippen molar-refractivity contribution in [2.45, 2.75) is 13.3 Å². The summed E-state index contributed by atoms with van der Waals surface area (Å²) < 4.78 is 14.7. The maximum atomic E-state index is 14.7. The normalized spacial score (nSPS) is 11.1. The third kappa shape index (κ3) is 3.74. The smallest absolute Gasteiger partial charge is 0.178 e. The Morgan fingerprint density at radius 1 is 1.06 bits per heavy atom. The van der Waals surface area contributed by atoms with Crippen LogP contribution >= 0.6 is 0 Å². The number of carbonyl (C=O) groups is 1. The largest absolute Gasteiger partial charge is 0.352 e. The molecule has 2 aromatic carbocycles. The quantitative estimate of drug-likeness (QED) is 0.312. The van der Waals surface area contributed by atoms with Gasteiger partial charge in [-0.25, -0.2) is 14.4 Å². The number of benzene rings is 2. The lowest BCUT2D eigenvalue weighted by molar-refractivity contribution is 0.0984. The van der Waals surface area contributed by atoms with Crippen LogP contribution in [0.5, 0.6) is 0 Å². The molecule has 0 aliphatic carbocycles. The lowest BCUT2D eigenvalue weighted by atomic mass is 10.1. The summed E-state index contributed by atoms with van der Waals surface area (Å²) in [4.78, 5) is 24.0. The molecule has 0 aliphatic heterocycles. The number of carbonyl (C=O) groups excluding carboxylic acids is 1. The van der Waals surface area contributed by atoms with E-state index in [9.17, 15) is 9.18 Å². The van der Waals surface area contributed by atoms with E-state index in [-0.39, 0.29) is 5.78 Å². The summed E-state index contributed by atoms with van der Waals surface area (Å²) in [5.41, 5.74) is 4.06. The topological polar surface area (TPSA) is 99.3 Å². The lowest BCUT2D eigenvalue weighted by Gasteiger charge is -2.09. The molecule has 5 rings (SSSR count). The molecule has 158 valence electrons. The molecule has 32 heavy (non-hydrogen) atoms. The maximum Gasteiger partial charge on any atom is 0.178 e. The third-order valence-corrected chi connectivity index (χ3v) is 5.22. The standard InChI is InChI=1S/C24H19FN6O/c1-2-22(32)21-10-15-3-4-16(11-20(15)29-21)24-26-8-7-23(31-24)30-19-6-5-14(9-18(19)25)17-12-27-28-13-17/h3-13,29H,2H2,1H3,(H,27,28)(H,26,30,31). The second-order valence-corrected chi connectivity index (χ2v) is 7.33. The van der Waals surface area contributed by atoms with Gasteiger partial charge in [0, 0.05) is 40.8 Å². The molecule has 0 atom stereocenters. The minimum Gasteiger partial charge on any atom is -0.352 e. The van der Waals surface area contributed by atoms with Gasteiger partial charge >= 0.3 is 0 Å². The molecule has 3 N–H and O–H groups in total. The van der Waals surface area contributed by atoms with E-state index in [1.165, 1.54) is 6.07 Å². The molecule has 0 aliphatic rings. The molecule has 8 heteroatoms. The second-order valence-electron chi connectivity index (χ2n) is 7.33. The fraction of sp³-hybridized carbons (Fsp3) is 0.0833. The predicted octanol–water partition coefficient (Wildman–Crippen LogP) is 5.49. The number of aromatic amines is 2. The Hall–Kier alpha value is -4.33. The van der Waals surface area contributed by atoms with Gasteiger partial charge in [-0.2, -0.15) is 5.10 Å². The molecule has 7 nitrogen and oxygen atoms in total. The van der Waals surface area contributed by atoms with E-state index in [1.807, 2.05) is 37.3 Å². The van der Waals surface area contributed by atoms with Gasteiger partial charge in [0.15, 0.2) is 11.6 Å². The molecule has 0 saturated carbocycles. The van der Waals surface area contributed by atoms with Gasteiger partial charge in [-0.05, 0) is 35.9 Å². The van der Waals surface area contributed by atoms with Crippen LogP contribution in [0.4, 0.5) is 15.9 Å². The molecule has 0 unspecified atom stereocenters. The monoisotopic (exact) mass is 426 g/mol. The number of halogens is 1. The first-order valence-corrected chi connectivity index (χ1v) is 10.2. The van der Waals surface area contributed by atoms with Gasteiger partial charge in [0.1, 0.15) is 11.6 Å². The predicted molar refractivity (Wildman–Crippen MR) is 121 cm³/mol. The van der Waals surface area contributed by atoms with Crippen molar-refractivity contribution < 1.29 is 9.18 Å². The Morgan fingerprint density at radius 2 is 1.94 bits per heavy atom. The Kier molecular flexibility index (Phi) is 4.95. The highest BCUT2D eigenvalue weighted by Gasteiger charge is 2.11. The lowest BCUT2D eigenvalue weighted by Crippen LogP contribution is -1.99. The number of hydrogen-bond donors (Lipinski definition) is 3. The summed E-state index contributed by atoms with van der Waals surface area (Å²) in [6.07, 6.45) is 5.41. The van der Waals surface area contributed by atoms with Gasteiger partial charge in [0.25, 0.3) is 0 Å². The van der Waals surface area contributed by atoms with E-state index in [0.29, 0.717) is 29.4 Å². The van der Waals surface area contributed by atoms with Crippen molar-refractivity contribution in [1.29, 1.82) is 0 Å². The van der Waals surface area contributed by atoms with Crippen LogP contribution in [0.3, 0.4) is 0 Å². The highest BCUT2D eigenvalue weighted by molar-refractivity contribution is 5.99. The van der Waals surface area contributed by atoms with Crippen LogP contribution in [0, 0.1) is 5.82 Å². The molecule has 5 aromatic rings. The summed E-state index contributed by atoms with van der Waals surface area (Å²) in [5.74, 6) is 0.625. The van der Waals surface area contributed by atoms with E-state index in [1.54, 1.807) is 30.7 Å². The molecule has 0 fully saturated rings. The van der Waals surface area contributed by atoms with Gasteiger partial charge in [-0.15, -0.1) is 0 Å². The molecular formula is C24H19FN6O. The summed E-state index contributed by atoms with van der Waals surface area (Å²) >= 11 is 0. The van der Waals surface area contributed by atoms with E-state index < -0.39 is 5.82 Å². The number of ketones is 1. The van der Waals surface area contributed by atoms with E-state index >= 15 is 0 Å². The Bertz CT molecular complexity index is 1420. The molecule has 0 radical (unpaired) electrons. The first-order valence-electron chi connectivity index (χ1n) is 10.2. The fourth-order valence-electron chi connectivity index (χ4n) is 3.52. The first-order chi connectivity index (χ1) is 15.6. The van der Waals surface area contributed by atoms with Crippen molar-refractivity contribution in [2.24, 2.45) is 0 Å². The maximum absolute atomic E-state index is 14.7. The van der Waals surface area contributed by atoms with Crippen molar-refractivity contribution in [3.8, 4) is 22.5 Å². The number of anilines is 2. The summed E-state index contributed by atoms with van der Waals surface area (Å²) in [6.45, 7) is 1.83. The van der Waals surface area contributed by atoms with Crippen LogP contribution in [0.2, 0.25) is 0 Å². The molecule has 0 saturated heterocycles. The Morgan fingerprint density at radius 3 is 2.72 bits per heavy atom. The molecular weight excluding hydrogens is 407 g/mol. The van der Waals surface area contributed by atoms with Crippen molar-refractivity contribution in [2.75, 3.05) is 5.32 Å². The second kappa shape index (κ2) is 8.07. The SMILES string of the molecule is CCC(=O)c1cc2ccc(-c3nccc(Nc4ccc(-c5cn[nH]c5)cc4F)n3)cc2[nH]1. The number of hydrogen-bond acceptors (Lipinski definition) is 5. The van der Waals surface area contributed by atoms with Gasteiger partial charge in [0.05, 0.1) is 17.6 Å². The third-order valence-electron chi connectivity index (χ3n) is 5.22. The number of rotatable bonds is 6. The average Bonchev–Trinajstić information content (AvgIpc) is 3.50. The Balaban J connectivity index is 1.42. The first kappa shape index (κ1) is 19.6. The zero-order chi connectivity index (χ0) is 22.1. The van der Waals surface area contributed by atoms with Crippen LogP contribution in [0.1, 0.15) is 23.8 Å². The van der Waals surface area contributed by atoms with E-state index in [2.05, 4.69) is 30.5 Å². The van der Waals surface area contributed by atoms with Crippen molar-refractivity contribution in [3.05, 3.63) is 78.6 Å². The van der Waals surface area contributed by atoms with Gasteiger partial charge in [-0.3, -0.25) is 9.89 Å². The van der Waals surface area contributed by atoms with Gasteiger partial charge in [0.2, 0.25) is 0 Å². The average molecular weight is 426 g/mol. The molecule has 3 aromatic heterocycles. The molecule has 0 bridgehead atoms. The summed E-state index contributed by atoms with van der Waals surface area (Å²) in [5, 5.41) is 10.6. The highest BCUT2D eigenvalue weighted by atomic mass is 19.1. The Labute approximate surface area is 182 Å². The zero-order valence-electron chi connectivity index (χ0n) is 17.2. The van der Waals surface area contributed by atoms with Crippen molar-refractivity contribution in [3.63, 3.8) is 0 Å². The number of nitrogens with zero attached hydrogens (tertiary/aromatic N) is 3. The van der Waals surface area contributed by atoms with Crippen LogP contribution in [-0.4, -0.2) is 30.9 Å². The minimum absolute atomic E-state index is 0.0611.